The second kappa shape index (κ2) is 8.85. The first-order chi connectivity index (χ1) is 13.5. The van der Waals surface area contributed by atoms with Crippen molar-refractivity contribution in [3.05, 3.63) is 77.6 Å². The normalized spacial score (nSPS) is 17.8. The van der Waals surface area contributed by atoms with E-state index in [-0.39, 0.29) is 17.7 Å². The van der Waals surface area contributed by atoms with E-state index in [0.29, 0.717) is 29.1 Å². The van der Waals surface area contributed by atoms with Gasteiger partial charge in [-0.3, -0.25) is 14.6 Å². The van der Waals surface area contributed by atoms with Crippen molar-refractivity contribution < 1.29 is 9.59 Å². The first-order valence-electron chi connectivity index (χ1n) is 9.06. The van der Waals surface area contributed by atoms with Crippen LogP contribution >= 0.6 is 11.6 Å². The van der Waals surface area contributed by atoms with Crippen LogP contribution in [-0.4, -0.2) is 29.9 Å². The maximum absolute atomic E-state index is 12.9. The molecule has 1 aromatic carbocycles. The van der Waals surface area contributed by atoms with Gasteiger partial charge in [0.05, 0.1) is 11.3 Å². The molecule has 1 unspecified atom stereocenters. The summed E-state index contributed by atoms with van der Waals surface area (Å²) in [5.74, 6) is -0.403. The molecular weight excluding hydrogens is 374 g/mol. The quantitative estimate of drug-likeness (QED) is 0.749. The van der Waals surface area contributed by atoms with E-state index in [4.69, 9.17) is 11.6 Å². The SMILES string of the molecule is C=CC(CC=Cc1ccncc1)C[C@H]1NC(=O)c2cc(Cl)ccc2N(C)C1=O. The van der Waals surface area contributed by atoms with Crippen molar-refractivity contribution in [3.8, 4) is 0 Å². The van der Waals surface area contributed by atoms with E-state index in [1.807, 2.05) is 30.4 Å². The molecule has 0 aliphatic carbocycles. The minimum Gasteiger partial charge on any atom is -0.340 e. The number of hydrogen-bond donors (Lipinski definition) is 1. The first-order valence-corrected chi connectivity index (χ1v) is 9.44. The van der Waals surface area contributed by atoms with Gasteiger partial charge in [0.25, 0.3) is 5.91 Å². The number of allylic oxidation sites excluding steroid dienone is 2. The van der Waals surface area contributed by atoms with Crippen LogP contribution in [0.2, 0.25) is 5.02 Å². The number of rotatable bonds is 6. The lowest BCUT2D eigenvalue weighted by Gasteiger charge is -2.23. The summed E-state index contributed by atoms with van der Waals surface area (Å²) in [6, 6.07) is 8.17. The predicted octanol–water partition coefficient (Wildman–Crippen LogP) is 4.11. The number of carbonyl (C=O) groups is 2. The molecule has 3 rings (SSSR count). The van der Waals surface area contributed by atoms with Gasteiger partial charge in [-0.25, -0.2) is 0 Å². The van der Waals surface area contributed by atoms with E-state index in [1.165, 1.54) is 4.90 Å². The average molecular weight is 396 g/mol. The van der Waals surface area contributed by atoms with Crippen LogP contribution in [0, 0.1) is 5.92 Å². The van der Waals surface area contributed by atoms with Crippen molar-refractivity contribution in [1.29, 1.82) is 0 Å². The third-order valence-electron chi connectivity index (χ3n) is 4.83. The van der Waals surface area contributed by atoms with Gasteiger partial charge in [-0.15, -0.1) is 6.58 Å². The van der Waals surface area contributed by atoms with Gasteiger partial charge in [0.1, 0.15) is 6.04 Å². The molecule has 0 saturated carbocycles. The fourth-order valence-electron chi connectivity index (χ4n) is 3.24. The number of likely N-dealkylation sites (N-methyl/N-ethyl adjacent to an activating group) is 1. The summed E-state index contributed by atoms with van der Waals surface area (Å²) in [5.41, 5.74) is 2.02. The number of nitrogens with zero attached hydrogens (tertiary/aromatic N) is 2. The molecule has 144 valence electrons. The van der Waals surface area contributed by atoms with Gasteiger partial charge in [-0.05, 0) is 54.7 Å². The zero-order chi connectivity index (χ0) is 20.1. The van der Waals surface area contributed by atoms with Gasteiger partial charge in [0.2, 0.25) is 5.91 Å². The van der Waals surface area contributed by atoms with Gasteiger partial charge in [0.15, 0.2) is 0 Å². The van der Waals surface area contributed by atoms with E-state index >= 15 is 0 Å². The van der Waals surface area contributed by atoms with E-state index in [2.05, 4.69) is 16.9 Å². The maximum atomic E-state index is 12.9. The highest BCUT2D eigenvalue weighted by molar-refractivity contribution is 6.31. The molecule has 2 amide bonds. The highest BCUT2D eigenvalue weighted by atomic mass is 35.5. The van der Waals surface area contributed by atoms with Gasteiger partial charge in [-0.1, -0.05) is 29.8 Å². The number of nitrogens with one attached hydrogen (secondary N) is 1. The highest BCUT2D eigenvalue weighted by Gasteiger charge is 2.32. The average Bonchev–Trinajstić information content (AvgIpc) is 2.79. The van der Waals surface area contributed by atoms with Crippen LogP contribution in [0.15, 0.2) is 61.5 Å². The van der Waals surface area contributed by atoms with Crippen molar-refractivity contribution in [2.45, 2.75) is 18.9 Å². The topological polar surface area (TPSA) is 62.3 Å². The molecule has 0 radical (unpaired) electrons. The van der Waals surface area contributed by atoms with Gasteiger partial charge in [-0.2, -0.15) is 0 Å². The lowest BCUT2D eigenvalue weighted by Crippen LogP contribution is -2.45. The zero-order valence-electron chi connectivity index (χ0n) is 15.6. The van der Waals surface area contributed by atoms with Crippen molar-refractivity contribution in [2.75, 3.05) is 11.9 Å². The Morgan fingerprint density at radius 1 is 1.29 bits per heavy atom. The Bertz CT molecular complexity index is 911. The van der Waals surface area contributed by atoms with Crippen LogP contribution in [0.5, 0.6) is 0 Å². The van der Waals surface area contributed by atoms with Gasteiger partial charge < -0.3 is 10.2 Å². The summed E-state index contributed by atoms with van der Waals surface area (Å²) in [5, 5.41) is 3.30. The molecule has 2 heterocycles. The zero-order valence-corrected chi connectivity index (χ0v) is 16.4. The van der Waals surface area contributed by atoms with Crippen molar-refractivity contribution in [2.24, 2.45) is 5.92 Å². The Labute approximate surface area is 169 Å². The van der Waals surface area contributed by atoms with Crippen LogP contribution in [0.4, 0.5) is 5.69 Å². The predicted molar refractivity (Wildman–Crippen MR) is 112 cm³/mol. The number of carbonyl (C=O) groups excluding carboxylic acids is 2. The van der Waals surface area contributed by atoms with Gasteiger partial charge >= 0.3 is 0 Å². The minimum atomic E-state index is -0.624. The summed E-state index contributed by atoms with van der Waals surface area (Å²) >= 11 is 6.02. The molecule has 0 spiro atoms. The molecule has 5 nitrogen and oxygen atoms in total. The molecule has 6 heteroatoms. The highest BCUT2D eigenvalue weighted by Crippen LogP contribution is 2.28. The molecular formula is C22H22ClN3O2. The largest absolute Gasteiger partial charge is 0.340 e. The molecule has 28 heavy (non-hydrogen) atoms. The minimum absolute atomic E-state index is 0.0468. The number of benzene rings is 1. The Hall–Kier alpha value is -2.92. The van der Waals surface area contributed by atoms with E-state index in [1.54, 1.807) is 37.6 Å². The van der Waals surface area contributed by atoms with Crippen LogP contribution in [0.3, 0.4) is 0 Å². The van der Waals surface area contributed by atoms with Crippen LogP contribution in [0.1, 0.15) is 28.8 Å². The number of hydrogen-bond acceptors (Lipinski definition) is 3. The second-order valence-electron chi connectivity index (χ2n) is 6.73. The number of pyridine rings is 1. The first kappa shape index (κ1) is 19.8. The lowest BCUT2D eigenvalue weighted by atomic mass is 9.95. The smallest absolute Gasteiger partial charge is 0.254 e. The fourth-order valence-corrected chi connectivity index (χ4v) is 3.41. The monoisotopic (exact) mass is 395 g/mol. The standard InChI is InChI=1S/C22H22ClN3O2/c1-3-15(5-4-6-16-9-11-24-12-10-16)13-19-22(28)26(2)20-8-7-17(23)14-18(20)21(27)25-19/h3-4,6-12,14-15,19H,1,5,13H2,2H3,(H,25,27)/t15?,19-/m1/s1. The molecule has 0 bridgehead atoms. The molecule has 0 fully saturated rings. The number of aromatic nitrogens is 1. The van der Waals surface area contributed by atoms with E-state index in [9.17, 15) is 9.59 Å². The summed E-state index contributed by atoms with van der Waals surface area (Å²) in [4.78, 5) is 31.0. The van der Waals surface area contributed by atoms with Gasteiger partial charge in [0, 0.05) is 24.5 Å². The molecule has 1 aliphatic heterocycles. The molecule has 2 aromatic rings. The van der Waals surface area contributed by atoms with Crippen LogP contribution in [0.25, 0.3) is 6.08 Å². The Kier molecular flexibility index (Phi) is 6.26. The van der Waals surface area contributed by atoms with Crippen molar-refractivity contribution in [3.63, 3.8) is 0 Å². The lowest BCUT2D eigenvalue weighted by molar-refractivity contribution is -0.120. The van der Waals surface area contributed by atoms with Crippen LogP contribution in [-0.2, 0) is 4.79 Å². The Morgan fingerprint density at radius 2 is 2.04 bits per heavy atom. The summed E-state index contributed by atoms with van der Waals surface area (Å²) in [6.07, 6.45) is 10.5. The van der Waals surface area contributed by atoms with E-state index < -0.39 is 6.04 Å². The number of amides is 2. The van der Waals surface area contributed by atoms with Crippen molar-refractivity contribution >= 4 is 35.2 Å². The summed E-state index contributed by atoms with van der Waals surface area (Å²) in [6.45, 7) is 3.89. The van der Waals surface area contributed by atoms with Crippen LogP contribution < -0.4 is 10.2 Å². The fraction of sp³-hybridized carbons (Fsp3) is 0.227. The third kappa shape index (κ3) is 4.49. The number of fused-ring (bicyclic) bond motifs is 1. The molecule has 1 aromatic heterocycles. The van der Waals surface area contributed by atoms with E-state index in [0.717, 1.165) is 5.56 Å². The summed E-state index contributed by atoms with van der Waals surface area (Å²) < 4.78 is 0. The molecule has 1 aliphatic rings. The Balaban J connectivity index is 1.72. The summed E-state index contributed by atoms with van der Waals surface area (Å²) in [7, 11) is 1.68. The molecule has 0 saturated heterocycles. The molecule has 1 N–H and O–H groups in total. The third-order valence-corrected chi connectivity index (χ3v) is 5.06. The molecule has 2 atom stereocenters. The number of anilines is 1. The van der Waals surface area contributed by atoms with Crippen molar-refractivity contribution in [1.82, 2.24) is 10.3 Å². The maximum Gasteiger partial charge on any atom is 0.254 e. The number of halogens is 1. The Morgan fingerprint density at radius 3 is 2.75 bits per heavy atom. The second-order valence-corrected chi connectivity index (χ2v) is 7.17.